The SMILES string of the molecule is CN(c1ccccc1)S(=O)(=O)c1cccc(C(=O)OCc2cccc(C#N)c2)c1. The van der Waals surface area contributed by atoms with Gasteiger partial charge in [0.1, 0.15) is 6.61 Å². The molecule has 7 heteroatoms. The number of para-hydroxylation sites is 1. The molecule has 146 valence electrons. The summed E-state index contributed by atoms with van der Waals surface area (Å²) in [6, 6.07) is 23.1. The van der Waals surface area contributed by atoms with Gasteiger partial charge < -0.3 is 4.74 Å². The number of hydrogen-bond acceptors (Lipinski definition) is 5. The van der Waals surface area contributed by atoms with Gasteiger partial charge in [-0.15, -0.1) is 0 Å². The van der Waals surface area contributed by atoms with E-state index in [1.54, 1.807) is 54.6 Å². The number of rotatable bonds is 6. The smallest absolute Gasteiger partial charge is 0.338 e. The van der Waals surface area contributed by atoms with Crippen LogP contribution in [0.3, 0.4) is 0 Å². The summed E-state index contributed by atoms with van der Waals surface area (Å²) >= 11 is 0. The topological polar surface area (TPSA) is 87.5 Å². The van der Waals surface area contributed by atoms with E-state index in [0.717, 1.165) is 4.31 Å². The number of nitriles is 1. The molecule has 0 heterocycles. The summed E-state index contributed by atoms with van der Waals surface area (Å²) in [6.07, 6.45) is 0. The molecule has 0 radical (unpaired) electrons. The summed E-state index contributed by atoms with van der Waals surface area (Å²) in [5.41, 5.74) is 1.78. The summed E-state index contributed by atoms with van der Waals surface area (Å²) in [5.74, 6) is -0.647. The van der Waals surface area contributed by atoms with Crippen LogP contribution in [0, 0.1) is 11.3 Å². The lowest BCUT2D eigenvalue weighted by Crippen LogP contribution is -2.26. The van der Waals surface area contributed by atoms with Crippen molar-refractivity contribution in [3.05, 3.63) is 95.6 Å². The van der Waals surface area contributed by atoms with Crippen LogP contribution in [0.1, 0.15) is 21.5 Å². The highest BCUT2D eigenvalue weighted by atomic mass is 32.2. The second-order valence-corrected chi connectivity index (χ2v) is 8.19. The van der Waals surface area contributed by atoms with Crippen molar-refractivity contribution in [1.29, 1.82) is 5.26 Å². The van der Waals surface area contributed by atoms with Crippen LogP contribution in [0.4, 0.5) is 5.69 Å². The second kappa shape index (κ2) is 8.59. The number of esters is 1. The Hall–Kier alpha value is -3.63. The third kappa shape index (κ3) is 4.62. The van der Waals surface area contributed by atoms with Crippen molar-refractivity contribution < 1.29 is 17.9 Å². The molecular formula is C22H18N2O4S. The van der Waals surface area contributed by atoms with Gasteiger partial charge in [-0.2, -0.15) is 5.26 Å². The molecule has 0 saturated heterocycles. The first kappa shape index (κ1) is 20.1. The molecule has 6 nitrogen and oxygen atoms in total. The van der Waals surface area contributed by atoms with Gasteiger partial charge in [0.2, 0.25) is 0 Å². The average Bonchev–Trinajstić information content (AvgIpc) is 2.77. The highest BCUT2D eigenvalue weighted by Gasteiger charge is 2.22. The van der Waals surface area contributed by atoms with Crippen LogP contribution in [0.2, 0.25) is 0 Å². The maximum absolute atomic E-state index is 12.9. The first-order valence-corrected chi connectivity index (χ1v) is 10.2. The minimum atomic E-state index is -3.83. The average molecular weight is 406 g/mol. The molecule has 0 amide bonds. The first-order valence-electron chi connectivity index (χ1n) is 8.72. The monoisotopic (exact) mass is 406 g/mol. The van der Waals surface area contributed by atoms with Gasteiger partial charge in [-0.1, -0.05) is 36.4 Å². The Balaban J connectivity index is 1.78. The van der Waals surface area contributed by atoms with Gasteiger partial charge in [0.05, 0.1) is 27.8 Å². The summed E-state index contributed by atoms with van der Waals surface area (Å²) < 4.78 is 32.2. The quantitative estimate of drug-likeness (QED) is 0.582. The fourth-order valence-corrected chi connectivity index (χ4v) is 3.92. The highest BCUT2D eigenvalue weighted by Crippen LogP contribution is 2.22. The molecule has 0 aromatic heterocycles. The van der Waals surface area contributed by atoms with Crippen LogP contribution in [0.25, 0.3) is 0 Å². The number of hydrogen-bond donors (Lipinski definition) is 0. The van der Waals surface area contributed by atoms with Crippen LogP contribution in [0.5, 0.6) is 0 Å². The van der Waals surface area contributed by atoms with Gasteiger partial charge in [-0.25, -0.2) is 13.2 Å². The predicted octanol–water partition coefficient (Wildman–Crippen LogP) is 3.74. The zero-order valence-electron chi connectivity index (χ0n) is 15.6. The van der Waals surface area contributed by atoms with E-state index in [4.69, 9.17) is 10.00 Å². The van der Waals surface area contributed by atoms with E-state index in [0.29, 0.717) is 16.8 Å². The van der Waals surface area contributed by atoms with E-state index in [9.17, 15) is 13.2 Å². The van der Waals surface area contributed by atoms with Gasteiger partial charge in [0.15, 0.2) is 0 Å². The normalized spacial score (nSPS) is 10.8. The van der Waals surface area contributed by atoms with Gasteiger partial charge >= 0.3 is 5.97 Å². The Kier molecular flexibility index (Phi) is 5.96. The Labute approximate surface area is 169 Å². The van der Waals surface area contributed by atoms with Crippen molar-refractivity contribution in [1.82, 2.24) is 0 Å². The number of carbonyl (C=O) groups is 1. The molecule has 3 aromatic rings. The molecule has 0 N–H and O–H groups in total. The van der Waals surface area contributed by atoms with Crippen LogP contribution in [0.15, 0.2) is 83.8 Å². The predicted molar refractivity (Wildman–Crippen MR) is 109 cm³/mol. The molecule has 0 fully saturated rings. The largest absolute Gasteiger partial charge is 0.457 e. The summed E-state index contributed by atoms with van der Waals surface area (Å²) in [5, 5.41) is 8.93. The lowest BCUT2D eigenvalue weighted by Gasteiger charge is -2.19. The van der Waals surface area contributed by atoms with E-state index in [1.807, 2.05) is 6.07 Å². The first-order chi connectivity index (χ1) is 13.9. The van der Waals surface area contributed by atoms with Crippen LogP contribution in [-0.2, 0) is 21.4 Å². The number of anilines is 1. The number of benzene rings is 3. The lowest BCUT2D eigenvalue weighted by atomic mass is 10.1. The number of carbonyl (C=O) groups excluding carboxylic acids is 1. The van der Waals surface area contributed by atoms with E-state index in [2.05, 4.69) is 0 Å². The molecule has 3 aromatic carbocycles. The standard InChI is InChI=1S/C22H18N2O4S/c1-24(20-10-3-2-4-11-20)29(26,27)21-12-6-9-19(14-21)22(25)28-16-18-8-5-7-17(13-18)15-23/h2-14H,16H2,1H3. The Bertz CT molecular complexity index is 1170. The fourth-order valence-electron chi connectivity index (χ4n) is 2.68. The number of sulfonamides is 1. The van der Waals surface area contributed by atoms with E-state index in [1.165, 1.54) is 31.3 Å². The van der Waals surface area contributed by atoms with Crippen molar-refractivity contribution in [2.24, 2.45) is 0 Å². The molecule has 0 spiro atoms. The van der Waals surface area contributed by atoms with E-state index < -0.39 is 16.0 Å². The summed E-state index contributed by atoms with van der Waals surface area (Å²) in [7, 11) is -2.38. The van der Waals surface area contributed by atoms with Crippen molar-refractivity contribution in [2.45, 2.75) is 11.5 Å². The highest BCUT2D eigenvalue weighted by molar-refractivity contribution is 7.92. The number of nitrogens with zero attached hydrogens (tertiary/aromatic N) is 2. The van der Waals surface area contributed by atoms with Crippen LogP contribution in [-0.4, -0.2) is 21.4 Å². The third-order valence-corrected chi connectivity index (χ3v) is 6.06. The minimum Gasteiger partial charge on any atom is -0.457 e. The molecule has 0 aliphatic rings. The Morgan fingerprint density at radius 2 is 1.72 bits per heavy atom. The van der Waals surface area contributed by atoms with Gasteiger partial charge in [-0.05, 0) is 48.0 Å². The van der Waals surface area contributed by atoms with Crippen molar-refractivity contribution in [3.8, 4) is 6.07 Å². The van der Waals surface area contributed by atoms with Crippen molar-refractivity contribution in [2.75, 3.05) is 11.4 Å². The second-order valence-electron chi connectivity index (χ2n) is 6.22. The summed E-state index contributed by atoms with van der Waals surface area (Å²) in [6.45, 7) is -0.0186. The molecule has 29 heavy (non-hydrogen) atoms. The van der Waals surface area contributed by atoms with Crippen molar-refractivity contribution in [3.63, 3.8) is 0 Å². The molecule has 0 aliphatic heterocycles. The molecule has 0 saturated carbocycles. The Morgan fingerprint density at radius 3 is 2.45 bits per heavy atom. The zero-order valence-corrected chi connectivity index (χ0v) is 16.5. The molecular weight excluding hydrogens is 388 g/mol. The van der Waals surface area contributed by atoms with Gasteiger partial charge in [0, 0.05) is 7.05 Å². The fraction of sp³-hybridized carbons (Fsp3) is 0.0909. The van der Waals surface area contributed by atoms with Crippen LogP contribution < -0.4 is 4.31 Å². The van der Waals surface area contributed by atoms with Crippen LogP contribution >= 0.6 is 0 Å². The molecule has 0 bridgehead atoms. The third-order valence-electron chi connectivity index (χ3n) is 4.27. The maximum atomic E-state index is 12.9. The molecule has 0 aliphatic carbocycles. The zero-order chi connectivity index (χ0) is 20.9. The van der Waals surface area contributed by atoms with Crippen molar-refractivity contribution >= 4 is 21.7 Å². The summed E-state index contributed by atoms with van der Waals surface area (Å²) in [4.78, 5) is 12.4. The number of ether oxygens (including phenoxy) is 1. The van der Waals surface area contributed by atoms with E-state index >= 15 is 0 Å². The Morgan fingerprint density at radius 1 is 1.00 bits per heavy atom. The lowest BCUT2D eigenvalue weighted by molar-refractivity contribution is 0.0472. The minimum absolute atomic E-state index is 0.00946. The van der Waals surface area contributed by atoms with E-state index in [-0.39, 0.29) is 17.1 Å². The molecule has 0 atom stereocenters. The molecule has 3 rings (SSSR count). The van der Waals surface area contributed by atoms with Gasteiger partial charge in [0.25, 0.3) is 10.0 Å². The van der Waals surface area contributed by atoms with Gasteiger partial charge in [-0.3, -0.25) is 4.31 Å². The maximum Gasteiger partial charge on any atom is 0.338 e. The molecule has 0 unspecified atom stereocenters.